The summed E-state index contributed by atoms with van der Waals surface area (Å²) in [5.41, 5.74) is 0.907. The van der Waals surface area contributed by atoms with Gasteiger partial charge >= 0.3 is 5.97 Å². The Kier molecular flexibility index (Phi) is 4.57. The van der Waals surface area contributed by atoms with Gasteiger partial charge in [-0.3, -0.25) is 4.79 Å². The summed E-state index contributed by atoms with van der Waals surface area (Å²) in [7, 11) is 0. The molecule has 1 N–H and O–H groups in total. The van der Waals surface area contributed by atoms with Crippen LogP contribution in [0.15, 0.2) is 30.3 Å². The van der Waals surface area contributed by atoms with E-state index in [4.69, 9.17) is 5.11 Å². The highest BCUT2D eigenvalue weighted by Gasteiger charge is 1.90. The molecule has 1 rings (SSSR count). The molecule has 0 aliphatic heterocycles. The fourth-order valence-corrected chi connectivity index (χ4v) is 0.901. The minimum absolute atomic E-state index is 0.0695. The Morgan fingerprint density at radius 3 is 2.60 bits per heavy atom. The van der Waals surface area contributed by atoms with Crippen LogP contribution in [0.3, 0.4) is 0 Å². The summed E-state index contributed by atoms with van der Waals surface area (Å²) in [6.07, 6.45) is 0.415. The van der Waals surface area contributed by atoms with Crippen LogP contribution in [-0.2, 0) is 4.79 Å². The Morgan fingerprint density at radius 1 is 1.20 bits per heavy atom. The van der Waals surface area contributed by atoms with Crippen LogP contribution < -0.4 is 0 Å². The molecule has 2 nitrogen and oxygen atoms in total. The molecule has 1 aromatic carbocycles. The third-order valence-corrected chi connectivity index (χ3v) is 1.60. The van der Waals surface area contributed by atoms with E-state index < -0.39 is 5.97 Å². The van der Waals surface area contributed by atoms with Gasteiger partial charge in [0.25, 0.3) is 0 Å². The van der Waals surface area contributed by atoms with Crippen molar-refractivity contribution in [1.82, 2.24) is 0 Å². The van der Waals surface area contributed by atoms with Crippen LogP contribution in [-0.4, -0.2) is 11.1 Å². The van der Waals surface area contributed by atoms with Crippen LogP contribution in [0, 0.1) is 23.7 Å². The smallest absolute Gasteiger partial charge is 0.304 e. The van der Waals surface area contributed by atoms with Gasteiger partial charge in [-0.2, -0.15) is 0 Å². The molecule has 0 aliphatic rings. The maximum Gasteiger partial charge on any atom is 0.304 e. The van der Waals surface area contributed by atoms with Gasteiger partial charge in [0.1, 0.15) is 0 Å². The first kappa shape index (κ1) is 10.9. The van der Waals surface area contributed by atoms with E-state index in [1.807, 2.05) is 30.3 Å². The summed E-state index contributed by atoms with van der Waals surface area (Å²) >= 11 is 0. The van der Waals surface area contributed by atoms with Crippen molar-refractivity contribution in [3.8, 4) is 23.7 Å². The quantitative estimate of drug-likeness (QED) is 0.737. The zero-order chi connectivity index (χ0) is 10.9. The number of hydrogen-bond donors (Lipinski definition) is 1. The molecule has 0 atom stereocenters. The summed E-state index contributed by atoms with van der Waals surface area (Å²) in [6, 6.07) is 9.52. The lowest BCUT2D eigenvalue weighted by atomic mass is 10.2. The van der Waals surface area contributed by atoms with Gasteiger partial charge in [0.2, 0.25) is 0 Å². The van der Waals surface area contributed by atoms with Crippen molar-refractivity contribution in [1.29, 1.82) is 0 Å². The van der Waals surface area contributed by atoms with Crippen molar-refractivity contribution >= 4 is 5.97 Å². The zero-order valence-corrected chi connectivity index (χ0v) is 8.16. The molecule has 0 aliphatic carbocycles. The van der Waals surface area contributed by atoms with Crippen molar-refractivity contribution in [3.05, 3.63) is 35.9 Å². The number of aliphatic carboxylic acids is 1. The van der Waals surface area contributed by atoms with Gasteiger partial charge in [-0.05, 0) is 24.0 Å². The van der Waals surface area contributed by atoms with E-state index in [0.717, 1.165) is 5.56 Å². The van der Waals surface area contributed by atoms with E-state index in [-0.39, 0.29) is 6.42 Å². The molecule has 0 amide bonds. The standard InChI is InChI=1S/C13H10O2/c14-13(15)11-7-2-1-4-8-12-9-5-3-6-10-12/h3,5-6,9-10H,7,11H2,(H,14,15). The van der Waals surface area contributed by atoms with Crippen molar-refractivity contribution in [2.75, 3.05) is 0 Å². The maximum atomic E-state index is 10.1. The molecular weight excluding hydrogens is 188 g/mol. The van der Waals surface area contributed by atoms with Gasteiger partial charge in [-0.25, -0.2) is 0 Å². The zero-order valence-electron chi connectivity index (χ0n) is 8.16. The Balaban J connectivity index is 2.43. The summed E-state index contributed by atoms with van der Waals surface area (Å²) in [5, 5.41) is 8.34. The van der Waals surface area contributed by atoms with Gasteiger partial charge < -0.3 is 5.11 Å². The normalized spacial score (nSPS) is 8.00. The Hall–Kier alpha value is -2.19. The second-order valence-corrected chi connectivity index (χ2v) is 2.81. The predicted molar refractivity (Wildman–Crippen MR) is 58.0 cm³/mol. The summed E-state index contributed by atoms with van der Waals surface area (Å²) in [5.74, 6) is 10.00. The second kappa shape index (κ2) is 6.29. The number of benzene rings is 1. The van der Waals surface area contributed by atoms with Gasteiger partial charge in [0, 0.05) is 12.0 Å². The molecule has 2 heteroatoms. The van der Waals surface area contributed by atoms with Crippen molar-refractivity contribution in [3.63, 3.8) is 0 Å². The average molecular weight is 198 g/mol. The molecule has 74 valence electrons. The molecule has 0 fully saturated rings. The molecular formula is C13H10O2. The first-order valence-corrected chi connectivity index (χ1v) is 4.55. The molecule has 0 saturated carbocycles. The maximum absolute atomic E-state index is 10.1. The van der Waals surface area contributed by atoms with Gasteiger partial charge in [0.05, 0.1) is 6.42 Å². The second-order valence-electron chi connectivity index (χ2n) is 2.81. The number of carboxylic acid groups (broad SMARTS) is 1. The number of carbonyl (C=O) groups is 1. The minimum Gasteiger partial charge on any atom is -0.481 e. The van der Waals surface area contributed by atoms with Gasteiger partial charge in [0.15, 0.2) is 0 Å². The lowest BCUT2D eigenvalue weighted by Gasteiger charge is -1.84. The van der Waals surface area contributed by atoms with Crippen molar-refractivity contribution in [2.45, 2.75) is 12.8 Å². The SMILES string of the molecule is O=C(O)CCC#CC#Cc1ccccc1. The molecule has 1 aromatic rings. The van der Waals surface area contributed by atoms with Crippen LogP contribution in [0.25, 0.3) is 0 Å². The van der Waals surface area contributed by atoms with Crippen LogP contribution in [0.1, 0.15) is 18.4 Å². The topological polar surface area (TPSA) is 37.3 Å². The lowest BCUT2D eigenvalue weighted by molar-refractivity contribution is -0.136. The fraction of sp³-hybridized carbons (Fsp3) is 0.154. The van der Waals surface area contributed by atoms with Crippen LogP contribution in [0.2, 0.25) is 0 Å². The van der Waals surface area contributed by atoms with E-state index in [0.29, 0.717) is 6.42 Å². The fourth-order valence-electron chi connectivity index (χ4n) is 0.901. The molecule has 0 saturated heterocycles. The number of carboxylic acids is 1. The first-order valence-electron chi connectivity index (χ1n) is 4.55. The van der Waals surface area contributed by atoms with Crippen LogP contribution in [0.5, 0.6) is 0 Å². The number of rotatable bonds is 2. The molecule has 0 unspecified atom stereocenters. The number of hydrogen-bond acceptors (Lipinski definition) is 1. The molecule has 15 heavy (non-hydrogen) atoms. The highest BCUT2D eigenvalue weighted by Crippen LogP contribution is 1.94. The van der Waals surface area contributed by atoms with Crippen LogP contribution >= 0.6 is 0 Å². The molecule has 0 heterocycles. The van der Waals surface area contributed by atoms with E-state index in [2.05, 4.69) is 23.7 Å². The first-order chi connectivity index (χ1) is 7.29. The summed E-state index contributed by atoms with van der Waals surface area (Å²) < 4.78 is 0. The largest absolute Gasteiger partial charge is 0.481 e. The summed E-state index contributed by atoms with van der Waals surface area (Å²) in [6.45, 7) is 0. The Bertz CT molecular complexity index is 438. The highest BCUT2D eigenvalue weighted by atomic mass is 16.4. The molecule has 0 radical (unpaired) electrons. The third kappa shape index (κ3) is 5.18. The Labute approximate surface area is 88.9 Å². The Morgan fingerprint density at radius 2 is 1.93 bits per heavy atom. The average Bonchev–Trinajstić information content (AvgIpc) is 2.24. The van der Waals surface area contributed by atoms with Gasteiger partial charge in [-0.15, -0.1) is 0 Å². The van der Waals surface area contributed by atoms with E-state index in [1.54, 1.807) is 0 Å². The third-order valence-electron chi connectivity index (χ3n) is 1.60. The monoisotopic (exact) mass is 198 g/mol. The molecule has 0 spiro atoms. The highest BCUT2D eigenvalue weighted by molar-refractivity contribution is 5.67. The van der Waals surface area contributed by atoms with Crippen molar-refractivity contribution < 1.29 is 9.90 Å². The van der Waals surface area contributed by atoms with Crippen LogP contribution in [0.4, 0.5) is 0 Å². The van der Waals surface area contributed by atoms with E-state index >= 15 is 0 Å². The van der Waals surface area contributed by atoms with E-state index in [9.17, 15) is 4.79 Å². The van der Waals surface area contributed by atoms with Gasteiger partial charge in [-0.1, -0.05) is 30.0 Å². The van der Waals surface area contributed by atoms with E-state index in [1.165, 1.54) is 0 Å². The van der Waals surface area contributed by atoms with Crippen molar-refractivity contribution in [2.24, 2.45) is 0 Å². The lowest BCUT2D eigenvalue weighted by Crippen LogP contribution is -1.91. The molecule has 0 aromatic heterocycles. The predicted octanol–water partition coefficient (Wildman–Crippen LogP) is 1.91. The summed E-state index contributed by atoms with van der Waals surface area (Å²) in [4.78, 5) is 10.1. The molecule has 0 bridgehead atoms. The minimum atomic E-state index is -0.833.